The zero-order valence-corrected chi connectivity index (χ0v) is 20.2. The first-order chi connectivity index (χ1) is 17.7. The lowest BCUT2D eigenvalue weighted by atomic mass is 10.1. The number of alkyl halides is 3. The number of ether oxygens (including phenoxy) is 2. The lowest BCUT2D eigenvalue weighted by Crippen LogP contribution is -2.34. The fourth-order valence-electron chi connectivity index (χ4n) is 3.87. The first-order valence-electron chi connectivity index (χ1n) is 11.6. The van der Waals surface area contributed by atoms with E-state index in [2.05, 4.69) is 0 Å². The number of para-hydroxylation sites is 2. The van der Waals surface area contributed by atoms with E-state index in [1.54, 1.807) is 49.4 Å². The van der Waals surface area contributed by atoms with Gasteiger partial charge in [0.2, 0.25) is 11.2 Å². The molecule has 3 aromatic carbocycles. The van der Waals surface area contributed by atoms with E-state index in [1.165, 1.54) is 29.2 Å². The van der Waals surface area contributed by atoms with Gasteiger partial charge in [-0.25, -0.2) is 0 Å². The summed E-state index contributed by atoms with van der Waals surface area (Å²) in [5, 5.41) is -0.0890. The van der Waals surface area contributed by atoms with Gasteiger partial charge in [0.15, 0.2) is 6.61 Å². The number of likely N-dealkylation sites (N-methyl/N-ethyl adjacent to an activating group) is 1. The van der Waals surface area contributed by atoms with Crippen LogP contribution in [0, 0.1) is 0 Å². The quantitative estimate of drug-likeness (QED) is 0.267. The molecule has 37 heavy (non-hydrogen) atoms. The third kappa shape index (κ3) is 5.61. The summed E-state index contributed by atoms with van der Waals surface area (Å²) in [6.07, 6.45) is -4.60. The van der Waals surface area contributed by atoms with Crippen molar-refractivity contribution in [1.29, 1.82) is 0 Å². The van der Waals surface area contributed by atoms with Gasteiger partial charge < -0.3 is 18.8 Å². The maximum atomic E-state index is 13.9. The lowest BCUT2D eigenvalue weighted by Gasteiger charge is -2.21. The summed E-state index contributed by atoms with van der Waals surface area (Å²) < 4.78 is 57.8. The zero-order chi connectivity index (χ0) is 26.6. The van der Waals surface area contributed by atoms with E-state index < -0.39 is 23.1 Å². The molecule has 0 spiro atoms. The highest BCUT2D eigenvalue weighted by molar-refractivity contribution is 5.94. The molecule has 0 fully saturated rings. The molecule has 0 bridgehead atoms. The average Bonchev–Trinajstić information content (AvgIpc) is 2.89. The van der Waals surface area contributed by atoms with Crippen LogP contribution in [0.1, 0.15) is 25.2 Å². The van der Waals surface area contributed by atoms with E-state index in [1.807, 2.05) is 13.0 Å². The van der Waals surface area contributed by atoms with E-state index in [-0.39, 0.29) is 35.0 Å². The molecule has 1 amide bonds. The minimum absolute atomic E-state index is 0.0627. The second kappa shape index (κ2) is 10.8. The van der Waals surface area contributed by atoms with Crippen LogP contribution in [0.25, 0.3) is 11.0 Å². The van der Waals surface area contributed by atoms with Crippen LogP contribution in [0.2, 0.25) is 0 Å². The predicted octanol–water partition coefficient (Wildman–Crippen LogP) is 6.60. The van der Waals surface area contributed by atoms with Crippen molar-refractivity contribution in [2.45, 2.75) is 26.4 Å². The molecule has 0 saturated heterocycles. The molecule has 6 nitrogen and oxygen atoms in total. The van der Waals surface area contributed by atoms with E-state index >= 15 is 0 Å². The van der Waals surface area contributed by atoms with Crippen molar-refractivity contribution in [3.63, 3.8) is 0 Å². The predicted molar refractivity (Wildman–Crippen MR) is 133 cm³/mol. The number of hydrogen-bond donors (Lipinski definition) is 0. The number of hydrogen-bond acceptors (Lipinski definition) is 5. The van der Waals surface area contributed by atoms with Gasteiger partial charge in [0.1, 0.15) is 17.1 Å². The van der Waals surface area contributed by atoms with Gasteiger partial charge in [0.25, 0.3) is 11.7 Å². The molecule has 0 atom stereocenters. The van der Waals surface area contributed by atoms with E-state index in [0.717, 1.165) is 0 Å². The van der Waals surface area contributed by atoms with Gasteiger partial charge in [-0.3, -0.25) is 9.59 Å². The van der Waals surface area contributed by atoms with Crippen molar-refractivity contribution in [1.82, 2.24) is 0 Å². The second-order valence-corrected chi connectivity index (χ2v) is 8.07. The molecule has 0 unspecified atom stereocenters. The average molecular weight is 511 g/mol. The number of rotatable bonds is 8. The Balaban J connectivity index is 1.71. The summed E-state index contributed by atoms with van der Waals surface area (Å²) in [6, 6.07) is 19.3. The summed E-state index contributed by atoms with van der Waals surface area (Å²) in [4.78, 5) is 27.5. The van der Waals surface area contributed by atoms with Crippen LogP contribution in [0.15, 0.2) is 82.0 Å². The number of amides is 1. The van der Waals surface area contributed by atoms with Crippen molar-refractivity contribution in [3.8, 4) is 17.2 Å². The molecule has 0 N–H and O–H groups in total. The minimum atomic E-state index is -4.99. The summed E-state index contributed by atoms with van der Waals surface area (Å²) in [5.74, 6) is -2.62. The van der Waals surface area contributed by atoms with Crippen molar-refractivity contribution < 1.29 is 31.9 Å². The third-order valence-electron chi connectivity index (χ3n) is 5.67. The summed E-state index contributed by atoms with van der Waals surface area (Å²) in [7, 11) is 0. The molecular formula is C28H24F3NO5. The topological polar surface area (TPSA) is 69.0 Å². The first kappa shape index (κ1) is 25.8. The Morgan fingerprint density at radius 3 is 2.22 bits per heavy atom. The maximum absolute atomic E-state index is 13.9. The van der Waals surface area contributed by atoms with Crippen LogP contribution in [0.4, 0.5) is 18.9 Å². The molecule has 1 heterocycles. The SMILES string of the molecule is CCc1cc2c(=O)c(Oc3ccccc3)c(C(F)(F)F)oc2cc1OCC(=O)N(CC)c1ccccc1. The normalized spacial score (nSPS) is 11.4. The number of benzene rings is 3. The highest BCUT2D eigenvalue weighted by Crippen LogP contribution is 2.39. The second-order valence-electron chi connectivity index (χ2n) is 8.07. The van der Waals surface area contributed by atoms with Crippen LogP contribution >= 0.6 is 0 Å². The monoisotopic (exact) mass is 511 g/mol. The van der Waals surface area contributed by atoms with Gasteiger partial charge in [-0.15, -0.1) is 0 Å². The number of nitrogens with zero attached hydrogens (tertiary/aromatic N) is 1. The number of halogens is 3. The van der Waals surface area contributed by atoms with E-state index in [4.69, 9.17) is 13.9 Å². The molecule has 1 aromatic heterocycles. The van der Waals surface area contributed by atoms with Gasteiger partial charge >= 0.3 is 6.18 Å². The largest absolute Gasteiger partial charge is 0.483 e. The number of carbonyl (C=O) groups is 1. The Bertz CT molecular complexity index is 1450. The standard InChI is InChI=1S/C28H24F3NO5/c1-3-18-15-21-23(16-22(18)35-17-24(33)32(4-2)19-11-7-5-8-12-19)37-27(28(29,30)31)26(25(21)34)36-20-13-9-6-10-14-20/h5-16H,3-4,17H2,1-2H3. The molecule has 4 aromatic rings. The molecule has 0 radical (unpaired) electrons. The van der Waals surface area contributed by atoms with Crippen LogP contribution in [-0.2, 0) is 17.4 Å². The molecule has 0 aliphatic carbocycles. The van der Waals surface area contributed by atoms with Crippen LogP contribution in [-0.4, -0.2) is 19.1 Å². The van der Waals surface area contributed by atoms with Gasteiger partial charge in [-0.05, 0) is 49.2 Å². The Labute approximate surface area is 210 Å². The molecule has 0 saturated carbocycles. The summed E-state index contributed by atoms with van der Waals surface area (Å²) in [6.45, 7) is 3.66. The molecule has 192 valence electrons. The zero-order valence-electron chi connectivity index (χ0n) is 20.2. The van der Waals surface area contributed by atoms with Gasteiger partial charge in [-0.2, -0.15) is 13.2 Å². The van der Waals surface area contributed by atoms with Crippen molar-refractivity contribution in [2.24, 2.45) is 0 Å². The fraction of sp³-hybridized carbons (Fsp3) is 0.214. The summed E-state index contributed by atoms with van der Waals surface area (Å²) >= 11 is 0. The Kier molecular flexibility index (Phi) is 7.52. The molecular weight excluding hydrogens is 487 g/mol. The molecule has 0 aliphatic heterocycles. The molecule has 9 heteroatoms. The number of fused-ring (bicyclic) bond motifs is 1. The first-order valence-corrected chi connectivity index (χ1v) is 11.6. The van der Waals surface area contributed by atoms with Crippen LogP contribution in [0.3, 0.4) is 0 Å². The van der Waals surface area contributed by atoms with Gasteiger partial charge in [0.05, 0.1) is 5.39 Å². The van der Waals surface area contributed by atoms with Gasteiger partial charge in [-0.1, -0.05) is 43.3 Å². The van der Waals surface area contributed by atoms with Crippen molar-refractivity contribution in [2.75, 3.05) is 18.1 Å². The molecule has 0 aliphatic rings. The third-order valence-corrected chi connectivity index (χ3v) is 5.67. The number of aryl methyl sites for hydroxylation is 1. The van der Waals surface area contributed by atoms with Crippen molar-refractivity contribution >= 4 is 22.6 Å². The molecule has 4 rings (SSSR count). The number of anilines is 1. The fourth-order valence-corrected chi connectivity index (χ4v) is 3.87. The number of carbonyl (C=O) groups excluding carboxylic acids is 1. The Hall–Kier alpha value is -4.27. The maximum Gasteiger partial charge on any atom is 0.453 e. The van der Waals surface area contributed by atoms with E-state index in [9.17, 15) is 22.8 Å². The van der Waals surface area contributed by atoms with Crippen LogP contribution in [0.5, 0.6) is 17.2 Å². The smallest absolute Gasteiger partial charge is 0.453 e. The van der Waals surface area contributed by atoms with Crippen molar-refractivity contribution in [3.05, 3.63) is 94.3 Å². The highest BCUT2D eigenvalue weighted by Gasteiger charge is 2.40. The Morgan fingerprint density at radius 1 is 0.973 bits per heavy atom. The highest BCUT2D eigenvalue weighted by atomic mass is 19.4. The van der Waals surface area contributed by atoms with Crippen LogP contribution < -0.4 is 19.8 Å². The van der Waals surface area contributed by atoms with E-state index in [0.29, 0.717) is 24.2 Å². The Morgan fingerprint density at radius 2 is 1.62 bits per heavy atom. The summed E-state index contributed by atoms with van der Waals surface area (Å²) in [5.41, 5.74) is -0.0656. The van der Waals surface area contributed by atoms with Gasteiger partial charge in [0, 0.05) is 18.3 Å². The minimum Gasteiger partial charge on any atom is -0.483 e. The lowest BCUT2D eigenvalue weighted by molar-refractivity contribution is -0.154.